The summed E-state index contributed by atoms with van der Waals surface area (Å²) in [6.45, 7) is 0.665. The molecule has 0 N–H and O–H groups in total. The molecule has 0 aliphatic rings. The molecule has 0 saturated heterocycles. The lowest BCUT2D eigenvalue weighted by molar-refractivity contribution is 0.275. The molecule has 37 heavy (non-hydrogen) atoms. The Hall–Kier alpha value is -4.54. The van der Waals surface area contributed by atoms with Crippen LogP contribution in [-0.2, 0) is 13.2 Å². The van der Waals surface area contributed by atoms with Crippen LogP contribution in [0.15, 0.2) is 73.1 Å². The lowest BCUT2D eigenvalue weighted by Crippen LogP contribution is -2.17. The molecule has 0 radical (unpaired) electrons. The van der Waals surface area contributed by atoms with Crippen molar-refractivity contribution in [2.75, 3.05) is 38.0 Å². The van der Waals surface area contributed by atoms with Gasteiger partial charge in [0.1, 0.15) is 13.2 Å². The number of hydrogen-bond acceptors (Lipinski definition) is 10. The van der Waals surface area contributed by atoms with Gasteiger partial charge in [0.05, 0.1) is 12.4 Å². The zero-order chi connectivity index (χ0) is 26.0. The van der Waals surface area contributed by atoms with Gasteiger partial charge in [-0.25, -0.2) is 9.97 Å². The molecule has 0 fully saturated rings. The Kier molecular flexibility index (Phi) is 8.59. The summed E-state index contributed by atoms with van der Waals surface area (Å²) in [5.74, 6) is 2.32. The smallest absolute Gasteiger partial charge is 0.524 e. The van der Waals surface area contributed by atoms with Crippen molar-refractivity contribution in [3.63, 3.8) is 0 Å². The zero-order valence-electron chi connectivity index (χ0n) is 21.4. The van der Waals surface area contributed by atoms with Crippen molar-refractivity contribution in [1.29, 1.82) is 0 Å². The minimum atomic E-state index is -0.154. The van der Waals surface area contributed by atoms with Crippen LogP contribution in [0.5, 0.6) is 23.3 Å². The van der Waals surface area contributed by atoms with E-state index in [9.17, 15) is 0 Å². The van der Waals surface area contributed by atoms with E-state index in [0.717, 1.165) is 11.1 Å². The molecule has 190 valence electrons. The maximum Gasteiger partial charge on any atom is 0.576 e. The van der Waals surface area contributed by atoms with Gasteiger partial charge in [-0.15, -0.1) is 0 Å². The number of benzene rings is 2. The first kappa shape index (κ1) is 25.6. The van der Waals surface area contributed by atoms with Gasteiger partial charge >= 0.3 is 7.69 Å². The minimum Gasteiger partial charge on any atom is -0.524 e. The number of rotatable bonds is 12. The van der Waals surface area contributed by atoms with Gasteiger partial charge in [-0.3, -0.25) is 0 Å². The predicted octanol–water partition coefficient (Wildman–Crippen LogP) is 3.28. The lowest BCUT2D eigenvalue weighted by atomic mass is 10.2. The van der Waals surface area contributed by atoms with E-state index in [0.29, 0.717) is 48.4 Å². The van der Waals surface area contributed by atoms with E-state index in [2.05, 4.69) is 19.9 Å². The molecule has 0 bridgehead atoms. The summed E-state index contributed by atoms with van der Waals surface area (Å²) in [7, 11) is 7.27. The van der Waals surface area contributed by atoms with Crippen LogP contribution in [0.2, 0.25) is 0 Å². The monoisotopic (exact) mass is 500 g/mol. The molecule has 2 aromatic carbocycles. The third-order valence-corrected chi connectivity index (χ3v) is 5.08. The van der Waals surface area contributed by atoms with E-state index in [1.807, 2.05) is 88.9 Å². The highest BCUT2D eigenvalue weighted by Gasteiger charge is 2.16. The summed E-state index contributed by atoms with van der Waals surface area (Å²) < 4.78 is 23.6. The molecule has 11 heteroatoms. The van der Waals surface area contributed by atoms with Crippen molar-refractivity contribution in [1.82, 2.24) is 19.9 Å². The van der Waals surface area contributed by atoms with Crippen LogP contribution < -0.4 is 28.6 Å². The van der Waals surface area contributed by atoms with E-state index in [1.165, 1.54) is 0 Å². The number of anilines is 2. The molecular weight excluding hydrogens is 471 g/mol. The van der Waals surface area contributed by atoms with E-state index in [4.69, 9.17) is 18.8 Å². The Morgan fingerprint density at radius 2 is 1.03 bits per heavy atom. The second kappa shape index (κ2) is 12.4. The Balaban J connectivity index is 1.46. The topological polar surface area (TPSA) is 95.0 Å². The fraction of sp³-hybridized carbons (Fsp3) is 0.231. The standard InChI is InChI=1S/C26H29BN6O4/c1-32(2)25-28-15-21(23(30-25)34-17-19-11-7-5-8-12-19)36-27-37-22-16-29-26(33(3)4)31-24(22)35-18-20-13-9-6-10-14-20/h5-16,27H,17-18H2,1-4H3. The Morgan fingerprint density at radius 1 is 0.622 bits per heavy atom. The van der Waals surface area contributed by atoms with Gasteiger partial charge in [0.15, 0.2) is 11.5 Å². The molecule has 0 unspecified atom stereocenters. The molecule has 10 nitrogen and oxygen atoms in total. The maximum absolute atomic E-state index is 5.96. The number of hydrogen-bond donors (Lipinski definition) is 0. The largest absolute Gasteiger partial charge is 0.576 e. The molecule has 0 spiro atoms. The predicted molar refractivity (Wildman–Crippen MR) is 143 cm³/mol. The summed E-state index contributed by atoms with van der Waals surface area (Å²) in [5.41, 5.74) is 2.01. The highest BCUT2D eigenvalue weighted by Crippen LogP contribution is 2.29. The van der Waals surface area contributed by atoms with Crippen LogP contribution in [0.4, 0.5) is 11.9 Å². The second-order valence-electron chi connectivity index (χ2n) is 8.42. The lowest BCUT2D eigenvalue weighted by Gasteiger charge is -2.17. The first-order chi connectivity index (χ1) is 18.0. The van der Waals surface area contributed by atoms with Crippen molar-refractivity contribution in [2.24, 2.45) is 0 Å². The van der Waals surface area contributed by atoms with Gasteiger partial charge < -0.3 is 28.6 Å². The van der Waals surface area contributed by atoms with Crippen molar-refractivity contribution in [3.8, 4) is 23.3 Å². The third kappa shape index (κ3) is 7.23. The van der Waals surface area contributed by atoms with Crippen LogP contribution in [0, 0.1) is 0 Å². The fourth-order valence-corrected chi connectivity index (χ4v) is 3.14. The fourth-order valence-electron chi connectivity index (χ4n) is 3.14. The molecular formula is C26H29BN6O4. The van der Waals surface area contributed by atoms with Crippen LogP contribution in [0.25, 0.3) is 0 Å². The molecule has 4 aromatic rings. The van der Waals surface area contributed by atoms with Crippen LogP contribution >= 0.6 is 0 Å². The summed E-state index contributed by atoms with van der Waals surface area (Å²) >= 11 is 0. The maximum atomic E-state index is 5.96. The van der Waals surface area contributed by atoms with E-state index in [-0.39, 0.29) is 7.69 Å². The minimum absolute atomic E-state index is 0.154. The van der Waals surface area contributed by atoms with Crippen molar-refractivity contribution in [3.05, 3.63) is 84.2 Å². The Bertz CT molecular complexity index is 1180. The molecule has 4 rings (SSSR count). The van der Waals surface area contributed by atoms with Crippen LogP contribution in [0.1, 0.15) is 11.1 Å². The molecule has 2 aromatic heterocycles. The van der Waals surface area contributed by atoms with Gasteiger partial charge in [-0.05, 0) is 11.1 Å². The van der Waals surface area contributed by atoms with Crippen LogP contribution in [-0.4, -0.2) is 55.8 Å². The van der Waals surface area contributed by atoms with Gasteiger partial charge in [0.25, 0.3) is 11.8 Å². The first-order valence-electron chi connectivity index (χ1n) is 11.7. The van der Waals surface area contributed by atoms with Crippen molar-refractivity contribution < 1.29 is 18.8 Å². The van der Waals surface area contributed by atoms with E-state index >= 15 is 0 Å². The summed E-state index contributed by atoms with van der Waals surface area (Å²) in [6, 6.07) is 19.6. The average molecular weight is 500 g/mol. The molecule has 0 amide bonds. The van der Waals surface area contributed by atoms with Crippen molar-refractivity contribution in [2.45, 2.75) is 13.2 Å². The molecule has 0 atom stereocenters. The highest BCUT2D eigenvalue weighted by molar-refractivity contribution is 6.21. The number of aromatic nitrogens is 4. The number of ether oxygens (including phenoxy) is 2. The molecule has 0 aliphatic carbocycles. The number of nitrogens with zero attached hydrogens (tertiary/aromatic N) is 6. The van der Waals surface area contributed by atoms with Crippen LogP contribution in [0.3, 0.4) is 0 Å². The second-order valence-corrected chi connectivity index (χ2v) is 8.42. The Labute approximate surface area is 217 Å². The molecule has 0 saturated carbocycles. The molecule has 2 heterocycles. The van der Waals surface area contributed by atoms with Gasteiger partial charge in [-0.2, -0.15) is 9.97 Å². The van der Waals surface area contributed by atoms with Gasteiger partial charge in [0.2, 0.25) is 11.9 Å². The Morgan fingerprint density at radius 3 is 1.41 bits per heavy atom. The average Bonchev–Trinajstić information content (AvgIpc) is 2.92. The molecule has 0 aliphatic heterocycles. The van der Waals surface area contributed by atoms with Gasteiger partial charge in [-0.1, -0.05) is 60.7 Å². The normalized spacial score (nSPS) is 10.4. The third-order valence-electron chi connectivity index (χ3n) is 5.08. The summed E-state index contributed by atoms with van der Waals surface area (Å²) in [6.07, 6.45) is 3.12. The van der Waals surface area contributed by atoms with Gasteiger partial charge in [0, 0.05) is 28.2 Å². The first-order valence-corrected chi connectivity index (χ1v) is 11.7. The highest BCUT2D eigenvalue weighted by atomic mass is 16.6. The SMILES string of the molecule is CN(C)c1ncc(OBOc2cnc(N(C)C)nc2OCc2ccccc2)c(OCc2ccccc2)n1. The quantitative estimate of drug-likeness (QED) is 0.270. The van der Waals surface area contributed by atoms with Crippen molar-refractivity contribution >= 4 is 19.6 Å². The van der Waals surface area contributed by atoms with E-state index < -0.39 is 0 Å². The van der Waals surface area contributed by atoms with E-state index in [1.54, 1.807) is 22.2 Å². The summed E-state index contributed by atoms with van der Waals surface area (Å²) in [4.78, 5) is 21.2. The summed E-state index contributed by atoms with van der Waals surface area (Å²) in [5, 5.41) is 0. The zero-order valence-corrected chi connectivity index (χ0v) is 21.4.